The van der Waals surface area contributed by atoms with Crippen molar-refractivity contribution in [3.05, 3.63) is 84.2 Å². The van der Waals surface area contributed by atoms with Crippen molar-refractivity contribution < 1.29 is 19.1 Å². The summed E-state index contributed by atoms with van der Waals surface area (Å²) in [6, 6.07) is 13.9. The Balaban J connectivity index is 1.91. The highest BCUT2D eigenvalue weighted by Gasteiger charge is 2.24. The number of methoxy groups -OCH3 is 1. The van der Waals surface area contributed by atoms with Gasteiger partial charge in [-0.15, -0.1) is 0 Å². The first-order valence-electron chi connectivity index (χ1n) is 8.93. The number of fused-ring (bicyclic) bond motifs is 1. The van der Waals surface area contributed by atoms with Gasteiger partial charge in [0, 0.05) is 10.9 Å². The molecule has 3 aromatic rings. The first kappa shape index (κ1) is 17.8. The summed E-state index contributed by atoms with van der Waals surface area (Å²) in [5, 5.41) is 11.0. The lowest BCUT2D eigenvalue weighted by Gasteiger charge is -2.18. The molecular weight excluding hydrogens is 354 g/mol. The number of hydrogen-bond donors (Lipinski definition) is 1. The van der Waals surface area contributed by atoms with Crippen LogP contribution in [0.2, 0.25) is 0 Å². The van der Waals surface area contributed by atoms with Crippen LogP contribution >= 0.6 is 0 Å². The van der Waals surface area contributed by atoms with Gasteiger partial charge < -0.3 is 19.1 Å². The number of carbonyl (C=O) groups excluding carboxylic acids is 1. The summed E-state index contributed by atoms with van der Waals surface area (Å²) in [6.07, 6.45) is 8.12. The summed E-state index contributed by atoms with van der Waals surface area (Å²) in [6.45, 7) is 0. The second-order valence-electron chi connectivity index (χ2n) is 6.48. The maximum Gasteiger partial charge on any atom is 0.137 e. The van der Waals surface area contributed by atoms with Crippen LogP contribution < -0.4 is 4.74 Å². The van der Waals surface area contributed by atoms with Gasteiger partial charge in [-0.1, -0.05) is 36.4 Å². The third-order valence-electron chi connectivity index (χ3n) is 4.68. The highest BCUT2D eigenvalue weighted by Crippen LogP contribution is 2.38. The molecule has 0 fully saturated rings. The quantitative estimate of drug-likeness (QED) is 0.663. The van der Waals surface area contributed by atoms with Crippen molar-refractivity contribution in [1.82, 2.24) is 0 Å². The van der Waals surface area contributed by atoms with Crippen LogP contribution in [-0.2, 0) is 4.79 Å². The zero-order valence-electron chi connectivity index (χ0n) is 15.3. The van der Waals surface area contributed by atoms with Crippen molar-refractivity contribution in [2.45, 2.75) is 6.04 Å². The summed E-state index contributed by atoms with van der Waals surface area (Å²) in [5.41, 5.74) is 2.02. The summed E-state index contributed by atoms with van der Waals surface area (Å²) < 4.78 is 11.6. The van der Waals surface area contributed by atoms with Crippen molar-refractivity contribution in [2.24, 2.45) is 10.9 Å². The predicted octanol–water partition coefficient (Wildman–Crippen LogP) is 4.62. The molecule has 140 valence electrons. The number of furan rings is 1. The lowest BCUT2D eigenvalue weighted by molar-refractivity contribution is -0.108. The van der Waals surface area contributed by atoms with Crippen LogP contribution in [0, 0.1) is 5.92 Å². The Hall–Kier alpha value is -3.60. The Morgan fingerprint density at radius 2 is 2.04 bits per heavy atom. The molecule has 2 aromatic carbocycles. The number of aldehydes is 1. The van der Waals surface area contributed by atoms with Gasteiger partial charge >= 0.3 is 0 Å². The number of allylic oxidation sites excluding steroid dienone is 4. The molecule has 0 radical (unpaired) electrons. The average molecular weight is 373 g/mol. The average Bonchev–Trinajstić information content (AvgIpc) is 3.16. The van der Waals surface area contributed by atoms with Crippen molar-refractivity contribution in [1.29, 1.82) is 0 Å². The Bertz CT molecular complexity index is 1070. The van der Waals surface area contributed by atoms with Gasteiger partial charge in [-0.2, -0.15) is 0 Å². The highest BCUT2D eigenvalue weighted by atomic mass is 16.5. The molecule has 1 aliphatic carbocycles. The minimum atomic E-state index is -0.581. The molecule has 1 heterocycles. The van der Waals surface area contributed by atoms with E-state index in [1.54, 1.807) is 31.4 Å². The Morgan fingerprint density at radius 3 is 2.82 bits per heavy atom. The number of hydrogen-bond acceptors (Lipinski definition) is 5. The molecular formula is C23H19NO4. The number of aliphatic imine (C=N–C) groups is 1. The molecule has 2 unspecified atom stereocenters. The van der Waals surface area contributed by atoms with Crippen LogP contribution in [0.5, 0.6) is 11.5 Å². The molecule has 1 aliphatic rings. The minimum Gasteiger partial charge on any atom is -0.508 e. The fourth-order valence-corrected chi connectivity index (χ4v) is 3.30. The van der Waals surface area contributed by atoms with E-state index in [1.807, 2.05) is 48.6 Å². The molecule has 28 heavy (non-hydrogen) atoms. The maximum atomic E-state index is 11.5. The number of benzene rings is 2. The predicted molar refractivity (Wildman–Crippen MR) is 108 cm³/mol. The van der Waals surface area contributed by atoms with E-state index in [-0.39, 0.29) is 5.75 Å². The van der Waals surface area contributed by atoms with Crippen molar-refractivity contribution in [3.63, 3.8) is 0 Å². The number of phenols is 1. The zero-order valence-corrected chi connectivity index (χ0v) is 15.3. The van der Waals surface area contributed by atoms with E-state index in [4.69, 9.17) is 14.1 Å². The molecule has 4 rings (SSSR count). The molecule has 0 saturated carbocycles. The largest absolute Gasteiger partial charge is 0.508 e. The highest BCUT2D eigenvalue weighted by molar-refractivity contribution is 6.07. The topological polar surface area (TPSA) is 72.0 Å². The Labute approximate surface area is 162 Å². The first-order valence-corrected chi connectivity index (χ1v) is 8.93. The Kier molecular flexibility index (Phi) is 4.81. The number of carbonyl (C=O) groups is 1. The van der Waals surface area contributed by atoms with Crippen LogP contribution in [0.25, 0.3) is 11.0 Å². The van der Waals surface area contributed by atoms with E-state index < -0.39 is 12.0 Å². The third kappa shape index (κ3) is 3.34. The second-order valence-corrected chi connectivity index (χ2v) is 6.48. The van der Waals surface area contributed by atoms with Crippen molar-refractivity contribution in [3.8, 4) is 11.5 Å². The molecule has 0 saturated heterocycles. The summed E-state index contributed by atoms with van der Waals surface area (Å²) in [7, 11) is 1.57. The van der Waals surface area contributed by atoms with Gasteiger partial charge in [0.05, 0.1) is 18.7 Å². The fraction of sp³-hybridized carbons (Fsp3) is 0.130. The van der Waals surface area contributed by atoms with E-state index in [0.29, 0.717) is 22.8 Å². The molecule has 1 N–H and O–H groups in total. The van der Waals surface area contributed by atoms with E-state index in [2.05, 4.69) is 0 Å². The Morgan fingerprint density at radius 1 is 1.18 bits per heavy atom. The zero-order chi connectivity index (χ0) is 19.5. The van der Waals surface area contributed by atoms with Crippen LogP contribution in [0.4, 0.5) is 0 Å². The molecule has 0 aliphatic heterocycles. The molecule has 2 atom stereocenters. The first-order chi connectivity index (χ1) is 13.7. The molecule has 1 aromatic heterocycles. The van der Waals surface area contributed by atoms with Crippen LogP contribution in [0.3, 0.4) is 0 Å². The number of ether oxygens (including phenoxy) is 1. The number of aromatic hydroxyl groups is 1. The summed E-state index contributed by atoms with van der Waals surface area (Å²) in [4.78, 5) is 16.3. The van der Waals surface area contributed by atoms with Gasteiger partial charge in [-0.25, -0.2) is 0 Å². The standard InChI is InChI=1S/C23H19NO4/c1-27-21-11-10-17(26)13-18(21)23(24-19-8-4-2-7-16(19)14-25)22-12-15-6-3-5-9-20(15)28-22/h2-14,16,23,26H,1H3. The smallest absolute Gasteiger partial charge is 0.137 e. The van der Waals surface area contributed by atoms with E-state index in [1.165, 1.54) is 0 Å². The maximum absolute atomic E-state index is 11.5. The molecule has 5 nitrogen and oxygen atoms in total. The van der Waals surface area contributed by atoms with Crippen molar-refractivity contribution in [2.75, 3.05) is 7.11 Å². The van der Waals surface area contributed by atoms with Crippen molar-refractivity contribution >= 4 is 23.0 Å². The van der Waals surface area contributed by atoms with Crippen LogP contribution in [0.15, 0.2) is 82.2 Å². The van der Waals surface area contributed by atoms with Crippen LogP contribution in [-0.4, -0.2) is 24.2 Å². The monoisotopic (exact) mass is 373 g/mol. The number of para-hydroxylation sites is 1. The SMILES string of the molecule is COc1ccc(O)cc1C(N=C1C=CC=CC1C=O)c1cc2ccccc2o1. The second kappa shape index (κ2) is 7.56. The van der Waals surface area contributed by atoms with E-state index in [9.17, 15) is 9.90 Å². The number of rotatable bonds is 5. The lowest BCUT2D eigenvalue weighted by Crippen LogP contribution is -2.15. The molecule has 5 heteroatoms. The van der Waals surface area contributed by atoms with Gasteiger partial charge in [-0.3, -0.25) is 4.99 Å². The molecule has 0 spiro atoms. The van der Waals surface area contributed by atoms with E-state index in [0.717, 1.165) is 17.3 Å². The van der Waals surface area contributed by atoms with Gasteiger partial charge in [0.1, 0.15) is 35.2 Å². The minimum absolute atomic E-state index is 0.100. The van der Waals surface area contributed by atoms with Gasteiger partial charge in [0.2, 0.25) is 0 Å². The normalized spacial score (nSPS) is 18.5. The molecule has 0 amide bonds. The van der Waals surface area contributed by atoms with Gasteiger partial charge in [0.25, 0.3) is 0 Å². The molecule has 0 bridgehead atoms. The summed E-state index contributed by atoms with van der Waals surface area (Å²) in [5.74, 6) is 0.846. The van der Waals surface area contributed by atoms with Crippen LogP contribution in [0.1, 0.15) is 17.4 Å². The lowest BCUT2D eigenvalue weighted by atomic mass is 9.97. The number of phenolic OH excluding ortho intramolecular Hbond substituents is 1. The van der Waals surface area contributed by atoms with Gasteiger partial charge in [0.15, 0.2) is 0 Å². The summed E-state index contributed by atoms with van der Waals surface area (Å²) >= 11 is 0. The van der Waals surface area contributed by atoms with Gasteiger partial charge in [-0.05, 0) is 36.4 Å². The third-order valence-corrected chi connectivity index (χ3v) is 4.68. The fourth-order valence-electron chi connectivity index (χ4n) is 3.30. The number of nitrogens with zero attached hydrogens (tertiary/aromatic N) is 1. The van der Waals surface area contributed by atoms with E-state index >= 15 is 0 Å².